The molecule has 0 bridgehead atoms. The molecule has 2 N–H and O–H groups in total. The van der Waals surface area contributed by atoms with Crippen molar-refractivity contribution >= 4 is 39.3 Å². The van der Waals surface area contributed by atoms with E-state index in [-0.39, 0.29) is 12.6 Å². The minimum Gasteiger partial charge on any atom is -0.496 e. The molecule has 1 aliphatic heterocycles. The zero-order valence-electron chi connectivity index (χ0n) is 23.9. The number of para-hydroxylation sites is 1. The van der Waals surface area contributed by atoms with Crippen molar-refractivity contribution < 1.29 is 33.2 Å². The number of amides is 2. The van der Waals surface area contributed by atoms with E-state index in [1.165, 1.54) is 28.7 Å². The van der Waals surface area contributed by atoms with E-state index in [9.17, 15) is 18.9 Å². The van der Waals surface area contributed by atoms with Gasteiger partial charge in [-0.05, 0) is 43.4 Å². The van der Waals surface area contributed by atoms with Gasteiger partial charge in [-0.1, -0.05) is 52.3 Å². The van der Waals surface area contributed by atoms with Gasteiger partial charge >= 0.3 is 12.0 Å². The molecule has 0 fully saturated rings. The lowest BCUT2D eigenvalue weighted by Crippen LogP contribution is -2.50. The normalized spacial score (nSPS) is 14.9. The van der Waals surface area contributed by atoms with Crippen molar-refractivity contribution in [2.75, 3.05) is 25.1 Å². The molecule has 3 aromatic rings. The second-order valence-corrected chi connectivity index (χ2v) is 10.9. The summed E-state index contributed by atoms with van der Waals surface area (Å²) in [4.78, 5) is 31.2. The van der Waals surface area contributed by atoms with E-state index in [1.807, 2.05) is 45.0 Å². The number of thiophene rings is 1. The molecule has 0 saturated heterocycles. The summed E-state index contributed by atoms with van der Waals surface area (Å²) in [7, 11) is -0.378. The number of aliphatic hydroxyl groups is 1. The van der Waals surface area contributed by atoms with Crippen LogP contribution in [0.15, 0.2) is 46.0 Å². The summed E-state index contributed by atoms with van der Waals surface area (Å²) in [5, 5.41) is 18.6. The molecule has 2 aromatic heterocycles. The van der Waals surface area contributed by atoms with Crippen LogP contribution in [0.1, 0.15) is 58.1 Å². The Hall–Kier alpha value is -3.22. The van der Waals surface area contributed by atoms with Crippen LogP contribution >= 0.6 is 11.3 Å². The largest absolute Gasteiger partial charge is 0.496 e. The molecule has 0 radical (unpaired) electrons. The summed E-state index contributed by atoms with van der Waals surface area (Å²) in [5.74, 6) is -0.188. The molecule has 0 spiro atoms. The standard InChI is InChI=1S/C20H19N3O6S2.C6H14O.C2H6/c1-12-16(18-21-8-10-29-18)30-19-17(12)31(27)23(11-15(24)25)20(26)22(19)9-7-13-5-3-4-6-14(13)28-2;1-3-5-6(7)4-2;1-2/h3-6,8,10H,7,9,11H2,1-2H3,(H,24,25);6-7H,3-5H2,1-2H3;1-2H3. The number of aromatic nitrogens is 1. The Labute approximate surface area is 242 Å². The van der Waals surface area contributed by atoms with Crippen LogP contribution in [-0.2, 0) is 22.2 Å². The van der Waals surface area contributed by atoms with Crippen molar-refractivity contribution in [3.63, 3.8) is 0 Å². The Kier molecular flexibility index (Phi) is 13.3. The van der Waals surface area contributed by atoms with Gasteiger partial charge in [0.15, 0.2) is 11.0 Å². The van der Waals surface area contributed by atoms with Crippen LogP contribution in [-0.4, -0.2) is 62.0 Å². The molecule has 40 heavy (non-hydrogen) atoms. The molecule has 220 valence electrons. The van der Waals surface area contributed by atoms with Crippen LogP contribution in [0.4, 0.5) is 9.80 Å². The Bertz CT molecular complexity index is 1260. The van der Waals surface area contributed by atoms with Crippen molar-refractivity contribution in [1.82, 2.24) is 9.29 Å². The van der Waals surface area contributed by atoms with Crippen LogP contribution in [0, 0.1) is 6.92 Å². The summed E-state index contributed by atoms with van der Waals surface area (Å²) in [6, 6.07) is 6.85. The number of hydrogen-bond donors (Lipinski definition) is 2. The van der Waals surface area contributed by atoms with Crippen molar-refractivity contribution in [2.24, 2.45) is 0 Å². The van der Waals surface area contributed by atoms with Gasteiger partial charge in [-0.3, -0.25) is 9.69 Å². The number of carboxylic acid groups (broad SMARTS) is 1. The van der Waals surface area contributed by atoms with Gasteiger partial charge in [-0.25, -0.2) is 18.3 Å². The number of anilines is 1. The lowest BCUT2D eigenvalue weighted by atomic mass is 10.1. The molecule has 2 unspecified atom stereocenters. The van der Waals surface area contributed by atoms with E-state index in [4.69, 9.17) is 14.3 Å². The van der Waals surface area contributed by atoms with Gasteiger partial charge in [-0.15, -0.1) is 11.3 Å². The fourth-order valence-corrected chi connectivity index (χ4v) is 6.81. The number of rotatable bonds is 10. The molecule has 10 nitrogen and oxygen atoms in total. The molecule has 1 aliphatic rings. The monoisotopic (exact) mass is 593 g/mol. The number of carbonyl (C=O) groups excluding carboxylic acids is 1. The number of carbonyl (C=O) groups is 2. The molecule has 0 aliphatic carbocycles. The molecular formula is C28H39N3O7S2. The average Bonchev–Trinajstić information content (AvgIpc) is 3.61. The number of aliphatic hydroxyl groups excluding tert-OH is 1. The van der Waals surface area contributed by atoms with Gasteiger partial charge in [0.25, 0.3) is 0 Å². The molecule has 2 atom stereocenters. The van der Waals surface area contributed by atoms with Crippen molar-refractivity contribution in [3.8, 4) is 16.5 Å². The van der Waals surface area contributed by atoms with Crippen molar-refractivity contribution in [1.29, 1.82) is 0 Å². The van der Waals surface area contributed by atoms with Crippen LogP contribution in [0.5, 0.6) is 5.75 Å². The Morgan fingerprint density at radius 1 is 1.25 bits per heavy atom. The second-order valence-electron chi connectivity index (χ2n) is 8.55. The lowest BCUT2D eigenvalue weighted by molar-refractivity contribution is -0.136. The number of methoxy groups -OCH3 is 1. The maximum Gasteiger partial charge on any atom is 0.337 e. The third kappa shape index (κ3) is 7.92. The van der Waals surface area contributed by atoms with Gasteiger partial charge in [0.1, 0.15) is 23.6 Å². The molecule has 3 heterocycles. The predicted octanol–water partition coefficient (Wildman–Crippen LogP) is 5.90. The van der Waals surface area contributed by atoms with E-state index in [0.29, 0.717) is 38.4 Å². The summed E-state index contributed by atoms with van der Waals surface area (Å²) in [6.07, 6.45) is 6.30. The van der Waals surface area contributed by atoms with Gasteiger partial charge in [0, 0.05) is 6.54 Å². The third-order valence-corrected chi connectivity index (χ3v) is 8.90. The van der Waals surface area contributed by atoms with Crippen LogP contribution in [0.3, 0.4) is 0 Å². The van der Waals surface area contributed by atoms with E-state index >= 15 is 0 Å². The number of urea groups is 1. The van der Waals surface area contributed by atoms with Gasteiger partial charge in [0.2, 0.25) is 5.89 Å². The maximum atomic E-state index is 13.1. The smallest absolute Gasteiger partial charge is 0.337 e. The summed E-state index contributed by atoms with van der Waals surface area (Å²) < 4.78 is 24.8. The highest BCUT2D eigenvalue weighted by Gasteiger charge is 2.41. The predicted molar refractivity (Wildman–Crippen MR) is 157 cm³/mol. The summed E-state index contributed by atoms with van der Waals surface area (Å²) in [5.41, 5.74) is 1.54. The number of nitrogens with zero attached hydrogens (tertiary/aromatic N) is 3. The average molecular weight is 594 g/mol. The van der Waals surface area contributed by atoms with Gasteiger partial charge in [-0.2, -0.15) is 0 Å². The number of oxazole rings is 1. The Morgan fingerprint density at radius 3 is 2.50 bits per heavy atom. The zero-order chi connectivity index (χ0) is 29.8. The first-order chi connectivity index (χ1) is 19.2. The van der Waals surface area contributed by atoms with Crippen molar-refractivity contribution in [3.05, 3.63) is 47.9 Å². The van der Waals surface area contributed by atoms with E-state index in [2.05, 4.69) is 11.9 Å². The summed E-state index contributed by atoms with van der Waals surface area (Å²) in [6.45, 7) is 9.43. The third-order valence-electron chi connectivity index (χ3n) is 5.93. The van der Waals surface area contributed by atoms with Crippen LogP contribution < -0.4 is 9.64 Å². The minimum absolute atomic E-state index is 0.0509. The van der Waals surface area contributed by atoms with Crippen molar-refractivity contribution in [2.45, 2.75) is 71.3 Å². The lowest BCUT2D eigenvalue weighted by Gasteiger charge is -2.33. The molecule has 2 amide bonds. The number of fused-ring (bicyclic) bond motifs is 1. The van der Waals surface area contributed by atoms with Crippen LogP contribution in [0.25, 0.3) is 10.8 Å². The minimum atomic E-state index is -1.95. The molecule has 4 rings (SSSR count). The maximum absolute atomic E-state index is 13.1. The van der Waals surface area contributed by atoms with E-state index in [1.54, 1.807) is 14.0 Å². The highest BCUT2D eigenvalue weighted by molar-refractivity contribution is 7.84. The summed E-state index contributed by atoms with van der Waals surface area (Å²) >= 11 is 1.25. The van der Waals surface area contributed by atoms with E-state index < -0.39 is 29.5 Å². The first kappa shape index (κ1) is 33.0. The number of hydrogen-bond acceptors (Lipinski definition) is 8. The fourth-order valence-electron chi connectivity index (χ4n) is 3.93. The van der Waals surface area contributed by atoms with Gasteiger partial charge < -0.3 is 19.4 Å². The number of benzene rings is 1. The molecule has 12 heteroatoms. The topological polar surface area (TPSA) is 133 Å². The van der Waals surface area contributed by atoms with Gasteiger partial charge in [0.05, 0.1) is 29.2 Å². The van der Waals surface area contributed by atoms with E-state index in [0.717, 1.165) is 29.1 Å². The highest BCUT2D eigenvalue weighted by atomic mass is 32.2. The zero-order valence-corrected chi connectivity index (χ0v) is 25.5. The Morgan fingerprint density at radius 2 is 1.95 bits per heavy atom. The number of aliphatic carboxylic acids is 1. The first-order valence-corrected chi connectivity index (χ1v) is 15.2. The van der Waals surface area contributed by atoms with Crippen LogP contribution in [0.2, 0.25) is 0 Å². The molecule has 0 saturated carbocycles. The quantitative estimate of drug-likeness (QED) is 0.297. The first-order valence-electron chi connectivity index (χ1n) is 13.3. The highest BCUT2D eigenvalue weighted by Crippen LogP contribution is 2.46. The number of carboxylic acids is 1. The fraction of sp³-hybridized carbons (Fsp3) is 0.464. The molecule has 1 aromatic carbocycles. The molecular weight excluding hydrogens is 554 g/mol. The SMILES string of the molecule is CC.CCCC(O)CC.COc1ccccc1CCN1C(=O)N(CC(=O)O)S(=O)c2c1sc(-c1ncco1)c2C. The number of ether oxygens (including phenoxy) is 1. The Balaban J connectivity index is 0.000000545. The second kappa shape index (κ2) is 16.1.